The van der Waals surface area contributed by atoms with Crippen LogP contribution in [0.3, 0.4) is 0 Å². The zero-order valence-corrected chi connectivity index (χ0v) is 9.80. The quantitative estimate of drug-likeness (QED) is 0.631. The molecule has 14 heavy (non-hydrogen) atoms. The Bertz CT molecular complexity index is 277. The summed E-state index contributed by atoms with van der Waals surface area (Å²) in [5, 5.41) is 0. The second kappa shape index (κ2) is 7.31. The van der Waals surface area contributed by atoms with Crippen molar-refractivity contribution in [1.82, 2.24) is 0 Å². The molecule has 0 radical (unpaired) electrons. The Morgan fingerprint density at radius 1 is 1.29 bits per heavy atom. The van der Waals surface area contributed by atoms with Crippen LogP contribution in [0.25, 0.3) is 0 Å². The molecule has 0 saturated carbocycles. The second-order valence-corrected chi connectivity index (χ2v) is 3.04. The van der Waals surface area contributed by atoms with E-state index in [2.05, 4.69) is 37.7 Å². The molecule has 1 aromatic rings. The van der Waals surface area contributed by atoms with Gasteiger partial charge in [0, 0.05) is 0 Å². The molecular weight excluding hydrogens is 170 g/mol. The molecule has 0 amide bonds. The molecule has 0 aliphatic heterocycles. The van der Waals surface area contributed by atoms with Gasteiger partial charge in [0.15, 0.2) is 0 Å². The van der Waals surface area contributed by atoms with Gasteiger partial charge in [0.1, 0.15) is 0 Å². The highest BCUT2D eigenvalue weighted by Gasteiger charge is 1.98. The van der Waals surface area contributed by atoms with Gasteiger partial charge in [-0.05, 0) is 31.7 Å². The van der Waals surface area contributed by atoms with Gasteiger partial charge in [-0.2, -0.15) is 0 Å². The smallest absolute Gasteiger partial charge is 0.0654 e. The van der Waals surface area contributed by atoms with Crippen molar-refractivity contribution in [2.24, 2.45) is 4.99 Å². The Morgan fingerprint density at radius 2 is 1.93 bits per heavy atom. The summed E-state index contributed by atoms with van der Waals surface area (Å²) in [5.74, 6) is 0. The van der Waals surface area contributed by atoms with Gasteiger partial charge in [-0.3, -0.25) is 4.99 Å². The fourth-order valence-corrected chi connectivity index (χ4v) is 1.34. The van der Waals surface area contributed by atoms with Gasteiger partial charge in [0.25, 0.3) is 0 Å². The predicted molar refractivity (Wildman–Crippen MR) is 65.7 cm³/mol. The van der Waals surface area contributed by atoms with Crippen molar-refractivity contribution in [3.8, 4) is 0 Å². The van der Waals surface area contributed by atoms with E-state index in [0.29, 0.717) is 0 Å². The summed E-state index contributed by atoms with van der Waals surface area (Å²) >= 11 is 0. The number of aryl methyl sites for hydroxylation is 2. The van der Waals surface area contributed by atoms with Crippen LogP contribution in [0.2, 0.25) is 0 Å². The van der Waals surface area contributed by atoms with Gasteiger partial charge in [0.05, 0.1) is 5.69 Å². The Morgan fingerprint density at radius 3 is 2.43 bits per heavy atom. The third kappa shape index (κ3) is 3.73. The largest absolute Gasteiger partial charge is 0.264 e. The Labute approximate surface area is 87.9 Å². The van der Waals surface area contributed by atoms with Crippen molar-refractivity contribution in [1.29, 1.82) is 0 Å². The number of aliphatic imine (C=N–C) groups is 1. The molecule has 0 aliphatic carbocycles. The van der Waals surface area contributed by atoms with Gasteiger partial charge in [-0.15, -0.1) is 0 Å². The van der Waals surface area contributed by atoms with Crippen LogP contribution in [0.15, 0.2) is 23.2 Å². The van der Waals surface area contributed by atoms with Crippen LogP contribution < -0.4 is 0 Å². The summed E-state index contributed by atoms with van der Waals surface area (Å²) in [6, 6.07) is 6.30. The normalized spacial score (nSPS) is 8.86. The number of rotatable bonds is 3. The summed E-state index contributed by atoms with van der Waals surface area (Å²) in [7, 11) is 0. The molecular formula is C13H21N. The lowest BCUT2D eigenvalue weighted by Gasteiger charge is -2.04. The van der Waals surface area contributed by atoms with E-state index in [9.17, 15) is 0 Å². The Kier molecular flexibility index (Phi) is 6.73. The fourth-order valence-electron chi connectivity index (χ4n) is 1.34. The minimum atomic E-state index is 1.03. The van der Waals surface area contributed by atoms with Crippen LogP contribution >= 0.6 is 0 Å². The average Bonchev–Trinajstić information content (AvgIpc) is 2.22. The summed E-state index contributed by atoms with van der Waals surface area (Å²) in [6.07, 6.45) is 2.25. The molecule has 0 heterocycles. The first-order chi connectivity index (χ1) is 6.77. The van der Waals surface area contributed by atoms with E-state index >= 15 is 0 Å². The number of hydrogen-bond acceptors (Lipinski definition) is 1. The average molecular weight is 191 g/mol. The van der Waals surface area contributed by atoms with E-state index in [1.165, 1.54) is 11.1 Å². The maximum atomic E-state index is 3.98. The first-order valence-corrected chi connectivity index (χ1v) is 5.34. The second-order valence-electron chi connectivity index (χ2n) is 3.04. The van der Waals surface area contributed by atoms with Crippen molar-refractivity contribution < 1.29 is 0 Å². The third-order valence-electron chi connectivity index (χ3n) is 1.92. The molecule has 78 valence electrons. The van der Waals surface area contributed by atoms with Crippen molar-refractivity contribution in [2.75, 3.05) is 0 Å². The minimum absolute atomic E-state index is 1.03. The lowest BCUT2D eigenvalue weighted by Crippen LogP contribution is -1.85. The molecule has 0 fully saturated rings. The van der Waals surface area contributed by atoms with Gasteiger partial charge in [-0.1, -0.05) is 44.9 Å². The highest BCUT2D eigenvalue weighted by molar-refractivity contribution is 5.52. The summed E-state index contributed by atoms with van der Waals surface area (Å²) in [6.45, 7) is 11.8. The number of nitrogens with zero attached hydrogens (tertiary/aromatic N) is 1. The molecule has 0 aromatic heterocycles. The van der Waals surface area contributed by atoms with Crippen molar-refractivity contribution in [3.05, 3.63) is 29.3 Å². The molecule has 1 aromatic carbocycles. The van der Waals surface area contributed by atoms with Crippen LogP contribution in [-0.4, -0.2) is 6.72 Å². The van der Waals surface area contributed by atoms with Crippen LogP contribution in [0, 0.1) is 6.92 Å². The first kappa shape index (κ1) is 12.9. The minimum Gasteiger partial charge on any atom is -0.264 e. The summed E-state index contributed by atoms with van der Waals surface area (Å²) in [5.41, 5.74) is 3.64. The van der Waals surface area contributed by atoms with E-state index in [0.717, 1.165) is 18.5 Å². The molecule has 0 aliphatic rings. The monoisotopic (exact) mass is 191 g/mol. The fraction of sp³-hybridized carbons (Fsp3) is 0.462. The Balaban J connectivity index is 0.000000791. The molecule has 0 atom stereocenters. The van der Waals surface area contributed by atoms with Crippen LogP contribution in [0.1, 0.15) is 38.3 Å². The van der Waals surface area contributed by atoms with E-state index in [-0.39, 0.29) is 0 Å². The van der Waals surface area contributed by atoms with Crippen molar-refractivity contribution in [2.45, 2.75) is 40.5 Å². The molecule has 0 spiro atoms. The maximum Gasteiger partial charge on any atom is 0.0654 e. The zero-order chi connectivity index (χ0) is 11.0. The summed E-state index contributed by atoms with van der Waals surface area (Å²) < 4.78 is 0. The van der Waals surface area contributed by atoms with Gasteiger partial charge >= 0.3 is 0 Å². The number of benzene rings is 1. The van der Waals surface area contributed by atoms with E-state index < -0.39 is 0 Å². The zero-order valence-electron chi connectivity index (χ0n) is 9.80. The standard InChI is InChI=1S/C11H15N.C2H6/c1-4-5-10-8-9(2)6-7-11(10)12-3;1-2/h6-8H,3-5H2,1-2H3;1-2H3. The third-order valence-corrected chi connectivity index (χ3v) is 1.92. The number of hydrogen-bond donors (Lipinski definition) is 0. The van der Waals surface area contributed by atoms with E-state index in [1.807, 2.05) is 19.9 Å². The van der Waals surface area contributed by atoms with Gasteiger partial charge < -0.3 is 0 Å². The highest BCUT2D eigenvalue weighted by atomic mass is 14.7. The predicted octanol–water partition coefficient (Wildman–Crippen LogP) is 4.31. The topological polar surface area (TPSA) is 12.4 Å². The van der Waals surface area contributed by atoms with Crippen molar-refractivity contribution in [3.63, 3.8) is 0 Å². The van der Waals surface area contributed by atoms with E-state index in [1.54, 1.807) is 0 Å². The lowest BCUT2D eigenvalue weighted by atomic mass is 10.1. The molecule has 0 unspecified atom stereocenters. The van der Waals surface area contributed by atoms with E-state index in [4.69, 9.17) is 0 Å². The molecule has 0 bridgehead atoms. The molecule has 1 rings (SSSR count). The van der Waals surface area contributed by atoms with Crippen molar-refractivity contribution >= 4 is 12.4 Å². The molecule has 1 heteroatoms. The maximum absolute atomic E-state index is 3.98. The Hall–Kier alpha value is -1.11. The molecule has 0 N–H and O–H groups in total. The van der Waals surface area contributed by atoms with Crippen LogP contribution in [-0.2, 0) is 6.42 Å². The first-order valence-electron chi connectivity index (χ1n) is 5.34. The highest BCUT2D eigenvalue weighted by Crippen LogP contribution is 2.21. The molecule has 0 saturated heterocycles. The summed E-state index contributed by atoms with van der Waals surface area (Å²) in [4.78, 5) is 3.98. The van der Waals surface area contributed by atoms with Gasteiger partial charge in [0.2, 0.25) is 0 Å². The lowest BCUT2D eigenvalue weighted by molar-refractivity contribution is 0.920. The molecule has 1 nitrogen and oxygen atoms in total. The van der Waals surface area contributed by atoms with Crippen LogP contribution in [0.4, 0.5) is 5.69 Å². The van der Waals surface area contributed by atoms with Crippen LogP contribution in [0.5, 0.6) is 0 Å². The SMILES string of the molecule is C=Nc1ccc(C)cc1CCC.CC. The van der Waals surface area contributed by atoms with Gasteiger partial charge in [-0.25, -0.2) is 0 Å².